The molecule has 138 valence electrons. The molecule has 0 bridgehead atoms. The quantitative estimate of drug-likeness (QED) is 0.516. The highest BCUT2D eigenvalue weighted by molar-refractivity contribution is 5.41. The van der Waals surface area contributed by atoms with E-state index in [0.717, 1.165) is 25.3 Å². The van der Waals surface area contributed by atoms with Crippen LogP contribution in [0.15, 0.2) is 35.2 Å². The Kier molecular flexibility index (Phi) is 7.06. The summed E-state index contributed by atoms with van der Waals surface area (Å²) in [5.74, 6) is 0. The number of ether oxygens (including phenoxy) is 2. The van der Waals surface area contributed by atoms with Gasteiger partial charge in [0.15, 0.2) is 6.29 Å². The van der Waals surface area contributed by atoms with Crippen molar-refractivity contribution in [3.63, 3.8) is 0 Å². The maximum atomic E-state index is 13.0. The van der Waals surface area contributed by atoms with E-state index in [0.29, 0.717) is 18.0 Å². The maximum Gasteiger partial charge on any atom is 0.416 e. The molecule has 6 nitrogen and oxygen atoms in total. The van der Waals surface area contributed by atoms with Crippen LogP contribution in [0.5, 0.6) is 0 Å². The van der Waals surface area contributed by atoms with Crippen LogP contribution in [0.4, 0.5) is 18.9 Å². The predicted molar refractivity (Wildman–Crippen MR) is 83.7 cm³/mol. The zero-order valence-electron chi connectivity index (χ0n) is 13.7. The van der Waals surface area contributed by atoms with Gasteiger partial charge in [-0.15, -0.1) is 0 Å². The van der Waals surface area contributed by atoms with E-state index in [1.165, 1.54) is 17.6 Å². The second-order valence-electron chi connectivity index (χ2n) is 5.66. The van der Waals surface area contributed by atoms with Crippen molar-refractivity contribution in [2.45, 2.75) is 38.3 Å². The third-order valence-corrected chi connectivity index (χ3v) is 3.83. The molecule has 0 aliphatic carbocycles. The number of hydrogen-bond donors (Lipinski definition) is 3. The van der Waals surface area contributed by atoms with E-state index in [2.05, 4.69) is 5.11 Å². The SMILES string of the molecule is N=N/C(=C\[NH2+]c1ccc(CN)c(C(F)(F)F)c1)COC1CCCCO1. The van der Waals surface area contributed by atoms with Gasteiger partial charge in [-0.25, -0.2) is 5.53 Å². The largest absolute Gasteiger partial charge is 0.416 e. The van der Waals surface area contributed by atoms with Crippen molar-refractivity contribution in [2.75, 3.05) is 13.2 Å². The molecule has 1 aromatic carbocycles. The van der Waals surface area contributed by atoms with Crippen LogP contribution in [0, 0.1) is 5.53 Å². The first-order valence-corrected chi connectivity index (χ1v) is 7.99. The number of rotatable bonds is 7. The van der Waals surface area contributed by atoms with Crippen LogP contribution in [0.2, 0.25) is 0 Å². The Bertz CT molecular complexity index is 614. The second kappa shape index (κ2) is 9.04. The van der Waals surface area contributed by atoms with Gasteiger partial charge in [-0.05, 0) is 30.9 Å². The van der Waals surface area contributed by atoms with Crippen LogP contribution in [-0.4, -0.2) is 19.5 Å². The molecule has 1 saturated heterocycles. The van der Waals surface area contributed by atoms with Gasteiger partial charge < -0.3 is 15.2 Å². The molecule has 2 rings (SSSR count). The van der Waals surface area contributed by atoms with Crippen molar-refractivity contribution < 1.29 is 28.0 Å². The first-order chi connectivity index (χ1) is 11.9. The number of nitrogens with one attached hydrogen (secondary N) is 1. The first kappa shape index (κ1) is 19.5. The third-order valence-electron chi connectivity index (χ3n) is 3.83. The second-order valence-corrected chi connectivity index (χ2v) is 5.66. The molecular weight excluding hydrogens is 337 g/mol. The summed E-state index contributed by atoms with van der Waals surface area (Å²) in [6.07, 6.45) is -0.523. The van der Waals surface area contributed by atoms with E-state index >= 15 is 0 Å². The number of nitrogens with two attached hydrogens (primary N) is 2. The van der Waals surface area contributed by atoms with Crippen molar-refractivity contribution >= 4 is 5.69 Å². The van der Waals surface area contributed by atoms with Gasteiger partial charge in [-0.3, -0.25) is 5.32 Å². The molecule has 25 heavy (non-hydrogen) atoms. The Labute approximate surface area is 143 Å². The van der Waals surface area contributed by atoms with Crippen molar-refractivity contribution in [3.8, 4) is 0 Å². The normalized spacial score (nSPS) is 19.0. The van der Waals surface area contributed by atoms with Gasteiger partial charge in [-0.1, -0.05) is 6.07 Å². The molecule has 0 spiro atoms. The van der Waals surface area contributed by atoms with Crippen molar-refractivity contribution in [3.05, 3.63) is 41.2 Å². The fourth-order valence-corrected chi connectivity index (χ4v) is 2.47. The fraction of sp³-hybridized carbons (Fsp3) is 0.500. The Hall–Kier alpha value is -1.81. The lowest BCUT2D eigenvalue weighted by Gasteiger charge is -2.22. The topological polar surface area (TPSA) is 97.3 Å². The van der Waals surface area contributed by atoms with Crippen LogP contribution in [0.1, 0.15) is 30.4 Å². The summed E-state index contributed by atoms with van der Waals surface area (Å²) in [6.45, 7) is 0.521. The molecule has 0 saturated carbocycles. The summed E-state index contributed by atoms with van der Waals surface area (Å²) in [6, 6.07) is 3.93. The van der Waals surface area contributed by atoms with Crippen LogP contribution < -0.4 is 11.1 Å². The third kappa shape index (κ3) is 5.89. The summed E-state index contributed by atoms with van der Waals surface area (Å²) in [7, 11) is 0. The maximum absolute atomic E-state index is 13.0. The molecule has 0 amide bonds. The molecule has 0 radical (unpaired) electrons. The molecule has 5 N–H and O–H groups in total. The summed E-state index contributed by atoms with van der Waals surface area (Å²) < 4.78 is 50.1. The van der Waals surface area contributed by atoms with Gasteiger partial charge >= 0.3 is 6.18 Å². The van der Waals surface area contributed by atoms with Crippen molar-refractivity contribution in [1.82, 2.24) is 0 Å². The highest BCUT2D eigenvalue weighted by Crippen LogP contribution is 2.32. The Morgan fingerprint density at radius 1 is 1.44 bits per heavy atom. The van der Waals surface area contributed by atoms with Gasteiger partial charge in [0.05, 0.1) is 12.2 Å². The average Bonchev–Trinajstić information content (AvgIpc) is 2.62. The fourth-order valence-electron chi connectivity index (χ4n) is 2.47. The summed E-state index contributed by atoms with van der Waals surface area (Å²) in [5.41, 5.74) is 12.5. The molecule has 1 aliphatic rings. The highest BCUT2D eigenvalue weighted by atomic mass is 19.4. The zero-order valence-corrected chi connectivity index (χ0v) is 13.7. The van der Waals surface area contributed by atoms with Crippen LogP contribution in [0.3, 0.4) is 0 Å². The first-order valence-electron chi connectivity index (χ1n) is 7.99. The van der Waals surface area contributed by atoms with Crippen molar-refractivity contribution in [2.24, 2.45) is 10.8 Å². The summed E-state index contributed by atoms with van der Waals surface area (Å²) in [4.78, 5) is 0. The number of alkyl halides is 3. The minimum atomic E-state index is -4.47. The van der Waals surface area contributed by atoms with Gasteiger partial charge in [0.2, 0.25) is 0 Å². The molecule has 0 aromatic heterocycles. The minimum absolute atomic E-state index is 0.0387. The molecule has 1 fully saturated rings. The summed E-state index contributed by atoms with van der Waals surface area (Å²) in [5, 5.41) is 4.82. The minimum Gasteiger partial charge on any atom is -0.353 e. The van der Waals surface area contributed by atoms with Crippen LogP contribution in [-0.2, 0) is 22.2 Å². The lowest BCUT2D eigenvalue weighted by atomic mass is 10.1. The number of hydrogen-bond acceptors (Lipinski definition) is 5. The van der Waals surface area contributed by atoms with Gasteiger partial charge in [0.1, 0.15) is 17.6 Å². The average molecular weight is 359 g/mol. The van der Waals surface area contributed by atoms with Gasteiger partial charge in [0, 0.05) is 19.2 Å². The molecule has 1 aliphatic heterocycles. The van der Waals surface area contributed by atoms with Gasteiger partial charge in [0.25, 0.3) is 0 Å². The molecule has 1 atom stereocenters. The lowest BCUT2D eigenvalue weighted by Crippen LogP contribution is -2.71. The van der Waals surface area contributed by atoms with Gasteiger partial charge in [-0.2, -0.15) is 18.3 Å². The van der Waals surface area contributed by atoms with Crippen molar-refractivity contribution in [1.29, 1.82) is 5.53 Å². The molecule has 1 aromatic rings. The molecule has 9 heteroatoms. The predicted octanol–water partition coefficient (Wildman–Crippen LogP) is 2.77. The molecule has 1 heterocycles. The lowest BCUT2D eigenvalue weighted by molar-refractivity contribution is -0.497. The Balaban J connectivity index is 2.01. The number of quaternary nitrogens is 1. The highest BCUT2D eigenvalue weighted by Gasteiger charge is 2.33. The number of nitrogens with zero attached hydrogens (tertiary/aromatic N) is 1. The van der Waals surface area contributed by atoms with Crippen LogP contribution >= 0.6 is 0 Å². The standard InChI is InChI=1S/C16H21F3N4O2/c17-16(18,19)14-7-12(5-4-11(14)8-20)22-9-13(23-21)10-25-15-3-1-2-6-24-15/h4-5,7,9,15,21-22H,1-3,6,8,10,20H2/p+1/b13-9-,23-21?. The summed E-state index contributed by atoms with van der Waals surface area (Å²) >= 11 is 0. The zero-order chi connectivity index (χ0) is 18.3. The number of halogens is 3. The molecule has 1 unspecified atom stereocenters. The Morgan fingerprint density at radius 3 is 2.84 bits per heavy atom. The molecular formula is C16H22F3N4O2+. The van der Waals surface area contributed by atoms with E-state index in [9.17, 15) is 13.2 Å². The van der Waals surface area contributed by atoms with E-state index in [1.54, 1.807) is 6.07 Å². The number of benzene rings is 1. The van der Waals surface area contributed by atoms with E-state index in [-0.39, 0.29) is 25.0 Å². The Morgan fingerprint density at radius 2 is 2.24 bits per heavy atom. The van der Waals surface area contributed by atoms with Crippen LogP contribution in [0.25, 0.3) is 0 Å². The van der Waals surface area contributed by atoms with E-state index in [4.69, 9.17) is 20.7 Å². The monoisotopic (exact) mass is 359 g/mol. The smallest absolute Gasteiger partial charge is 0.353 e. The van der Waals surface area contributed by atoms with E-state index in [1.807, 2.05) is 0 Å². The van der Waals surface area contributed by atoms with E-state index < -0.39 is 11.7 Å².